The SMILES string of the molecule is CC1CCN(Cc2cc(Cl)cc(C(F)(F)F)c2)CC1. The van der Waals surface area contributed by atoms with E-state index in [-0.39, 0.29) is 5.02 Å². The third kappa shape index (κ3) is 4.11. The zero-order valence-electron chi connectivity index (χ0n) is 10.8. The molecule has 19 heavy (non-hydrogen) atoms. The van der Waals surface area contributed by atoms with E-state index >= 15 is 0 Å². The average Bonchev–Trinajstić information content (AvgIpc) is 2.30. The molecule has 1 nitrogen and oxygen atoms in total. The number of likely N-dealkylation sites (tertiary alicyclic amines) is 1. The molecule has 0 bridgehead atoms. The molecular formula is C14H17ClF3N. The van der Waals surface area contributed by atoms with Gasteiger partial charge in [-0.1, -0.05) is 18.5 Å². The monoisotopic (exact) mass is 291 g/mol. The first-order valence-electron chi connectivity index (χ1n) is 6.43. The molecule has 0 spiro atoms. The number of piperidine rings is 1. The Morgan fingerprint density at radius 3 is 2.42 bits per heavy atom. The number of benzene rings is 1. The molecule has 1 aliphatic heterocycles. The van der Waals surface area contributed by atoms with E-state index in [0.717, 1.165) is 32.0 Å². The highest BCUT2D eigenvalue weighted by atomic mass is 35.5. The number of nitrogens with zero attached hydrogens (tertiary/aromatic N) is 1. The van der Waals surface area contributed by atoms with Gasteiger partial charge in [0.1, 0.15) is 0 Å². The predicted octanol–water partition coefficient (Wildman–Crippen LogP) is 4.59. The lowest BCUT2D eigenvalue weighted by Crippen LogP contribution is -2.32. The maximum absolute atomic E-state index is 12.7. The normalized spacial score (nSPS) is 18.8. The van der Waals surface area contributed by atoms with Crippen LogP contribution in [-0.2, 0) is 12.7 Å². The molecule has 1 fully saturated rings. The largest absolute Gasteiger partial charge is 0.416 e. The van der Waals surface area contributed by atoms with Crippen LogP contribution in [0.2, 0.25) is 5.02 Å². The Morgan fingerprint density at radius 1 is 1.21 bits per heavy atom. The Balaban J connectivity index is 2.10. The van der Waals surface area contributed by atoms with E-state index in [0.29, 0.717) is 18.0 Å². The van der Waals surface area contributed by atoms with Crippen LogP contribution < -0.4 is 0 Å². The van der Waals surface area contributed by atoms with Crippen molar-refractivity contribution in [1.82, 2.24) is 4.90 Å². The minimum absolute atomic E-state index is 0.148. The lowest BCUT2D eigenvalue weighted by Gasteiger charge is -2.30. The number of hydrogen-bond acceptors (Lipinski definition) is 1. The van der Waals surface area contributed by atoms with Crippen molar-refractivity contribution in [3.63, 3.8) is 0 Å². The molecule has 0 radical (unpaired) electrons. The molecule has 0 aliphatic carbocycles. The van der Waals surface area contributed by atoms with Crippen LogP contribution in [0.1, 0.15) is 30.9 Å². The Bertz CT molecular complexity index is 437. The van der Waals surface area contributed by atoms with Crippen molar-refractivity contribution in [3.05, 3.63) is 34.3 Å². The standard InChI is InChI=1S/C14H17ClF3N/c1-10-2-4-19(5-3-10)9-11-6-12(14(16,17)18)8-13(15)7-11/h6-8,10H,2-5,9H2,1H3. The molecular weight excluding hydrogens is 275 g/mol. The fourth-order valence-electron chi connectivity index (χ4n) is 2.38. The molecule has 1 aromatic rings. The maximum atomic E-state index is 12.7. The highest BCUT2D eigenvalue weighted by Gasteiger charge is 2.31. The second-order valence-corrected chi connectivity index (χ2v) is 5.74. The van der Waals surface area contributed by atoms with Crippen LogP contribution in [0.25, 0.3) is 0 Å². The molecule has 0 aromatic heterocycles. The van der Waals surface area contributed by atoms with E-state index in [1.807, 2.05) is 0 Å². The molecule has 1 saturated heterocycles. The van der Waals surface area contributed by atoms with Crippen molar-refractivity contribution in [2.75, 3.05) is 13.1 Å². The lowest BCUT2D eigenvalue weighted by atomic mass is 9.98. The van der Waals surface area contributed by atoms with Crippen molar-refractivity contribution in [2.45, 2.75) is 32.5 Å². The minimum atomic E-state index is -4.34. The Hall–Kier alpha value is -0.740. The second kappa shape index (κ2) is 5.71. The Labute approximate surface area is 116 Å². The summed E-state index contributed by atoms with van der Waals surface area (Å²) in [4.78, 5) is 2.19. The predicted molar refractivity (Wildman–Crippen MR) is 70.1 cm³/mol. The van der Waals surface area contributed by atoms with Gasteiger partial charge in [0.15, 0.2) is 0 Å². The van der Waals surface area contributed by atoms with Gasteiger partial charge in [-0.25, -0.2) is 0 Å². The fourth-order valence-corrected chi connectivity index (χ4v) is 2.64. The van der Waals surface area contributed by atoms with Gasteiger partial charge < -0.3 is 0 Å². The summed E-state index contributed by atoms with van der Waals surface area (Å²) in [6, 6.07) is 3.79. The van der Waals surface area contributed by atoms with E-state index in [1.165, 1.54) is 6.07 Å². The highest BCUT2D eigenvalue weighted by molar-refractivity contribution is 6.30. The zero-order valence-corrected chi connectivity index (χ0v) is 11.6. The summed E-state index contributed by atoms with van der Waals surface area (Å²) >= 11 is 5.78. The minimum Gasteiger partial charge on any atom is -0.299 e. The highest BCUT2D eigenvalue weighted by Crippen LogP contribution is 2.32. The van der Waals surface area contributed by atoms with Crippen LogP contribution >= 0.6 is 11.6 Å². The van der Waals surface area contributed by atoms with Crippen molar-refractivity contribution in [1.29, 1.82) is 0 Å². The molecule has 1 aliphatic rings. The van der Waals surface area contributed by atoms with Gasteiger partial charge in [-0.3, -0.25) is 4.90 Å². The summed E-state index contributed by atoms with van der Waals surface area (Å²) in [6.45, 7) is 4.62. The van der Waals surface area contributed by atoms with Crippen molar-refractivity contribution in [2.24, 2.45) is 5.92 Å². The van der Waals surface area contributed by atoms with Crippen molar-refractivity contribution in [3.8, 4) is 0 Å². The van der Waals surface area contributed by atoms with E-state index in [1.54, 1.807) is 6.07 Å². The van der Waals surface area contributed by atoms with Crippen LogP contribution in [-0.4, -0.2) is 18.0 Å². The van der Waals surface area contributed by atoms with E-state index < -0.39 is 11.7 Å². The molecule has 0 amide bonds. The molecule has 0 atom stereocenters. The summed E-state index contributed by atoms with van der Waals surface area (Å²) in [7, 11) is 0. The van der Waals surface area contributed by atoms with Crippen LogP contribution in [0.5, 0.6) is 0 Å². The lowest BCUT2D eigenvalue weighted by molar-refractivity contribution is -0.137. The topological polar surface area (TPSA) is 3.24 Å². The van der Waals surface area contributed by atoms with Crippen LogP contribution in [0.15, 0.2) is 18.2 Å². The van der Waals surface area contributed by atoms with Crippen LogP contribution in [0, 0.1) is 5.92 Å². The summed E-state index contributed by atoms with van der Waals surface area (Å²) < 4.78 is 38.1. The van der Waals surface area contributed by atoms with Crippen LogP contribution in [0.3, 0.4) is 0 Å². The molecule has 0 unspecified atom stereocenters. The number of hydrogen-bond donors (Lipinski definition) is 0. The van der Waals surface area contributed by atoms with Crippen molar-refractivity contribution < 1.29 is 13.2 Å². The first-order chi connectivity index (χ1) is 8.84. The smallest absolute Gasteiger partial charge is 0.299 e. The maximum Gasteiger partial charge on any atom is 0.416 e. The van der Waals surface area contributed by atoms with Crippen molar-refractivity contribution >= 4 is 11.6 Å². The molecule has 2 rings (SSSR count). The van der Waals surface area contributed by atoms with Gasteiger partial charge in [0.25, 0.3) is 0 Å². The number of halogens is 4. The Kier molecular flexibility index (Phi) is 4.41. The quantitative estimate of drug-likeness (QED) is 0.770. The number of rotatable bonds is 2. The molecule has 106 valence electrons. The molecule has 1 aromatic carbocycles. The second-order valence-electron chi connectivity index (χ2n) is 5.30. The average molecular weight is 292 g/mol. The third-order valence-corrected chi connectivity index (χ3v) is 3.79. The van der Waals surface area contributed by atoms with Gasteiger partial charge in [-0.05, 0) is 55.6 Å². The van der Waals surface area contributed by atoms with Gasteiger partial charge in [0, 0.05) is 11.6 Å². The molecule has 5 heteroatoms. The summed E-state index contributed by atoms with van der Waals surface area (Å²) in [5, 5.41) is 0.148. The number of alkyl halides is 3. The third-order valence-electron chi connectivity index (χ3n) is 3.57. The fraction of sp³-hybridized carbons (Fsp3) is 0.571. The first kappa shape index (κ1) is 14.7. The zero-order chi connectivity index (χ0) is 14.0. The summed E-state index contributed by atoms with van der Waals surface area (Å²) in [5.41, 5.74) is -0.0326. The van der Waals surface area contributed by atoms with Gasteiger partial charge in [0.2, 0.25) is 0 Å². The molecule has 0 saturated carbocycles. The van der Waals surface area contributed by atoms with Crippen LogP contribution in [0.4, 0.5) is 13.2 Å². The van der Waals surface area contributed by atoms with E-state index in [9.17, 15) is 13.2 Å². The van der Waals surface area contributed by atoms with Gasteiger partial charge in [0.05, 0.1) is 5.56 Å². The van der Waals surface area contributed by atoms with Gasteiger partial charge >= 0.3 is 6.18 Å². The summed E-state index contributed by atoms with van der Waals surface area (Å²) in [6.07, 6.45) is -2.13. The van der Waals surface area contributed by atoms with E-state index in [4.69, 9.17) is 11.6 Å². The van der Waals surface area contributed by atoms with E-state index in [2.05, 4.69) is 11.8 Å². The molecule has 0 N–H and O–H groups in total. The summed E-state index contributed by atoms with van der Waals surface area (Å²) in [5.74, 6) is 0.710. The molecule has 1 heterocycles. The Morgan fingerprint density at radius 2 is 1.84 bits per heavy atom. The van der Waals surface area contributed by atoms with Gasteiger partial charge in [-0.15, -0.1) is 0 Å². The first-order valence-corrected chi connectivity index (χ1v) is 6.81. The van der Waals surface area contributed by atoms with Gasteiger partial charge in [-0.2, -0.15) is 13.2 Å².